The molecule has 1 aliphatic heterocycles. The van der Waals surface area contributed by atoms with Crippen LogP contribution in [0.15, 0.2) is 18.3 Å². The number of carbonyl (C=O) groups is 2. The van der Waals surface area contributed by atoms with Crippen molar-refractivity contribution in [2.75, 3.05) is 39.0 Å². The molecule has 1 aromatic carbocycles. The van der Waals surface area contributed by atoms with Crippen molar-refractivity contribution in [3.8, 4) is 0 Å². The lowest BCUT2D eigenvalue weighted by molar-refractivity contribution is -0.216. The van der Waals surface area contributed by atoms with Crippen LogP contribution in [0.2, 0.25) is 0 Å². The average Bonchev–Trinajstić information content (AvgIpc) is 3.06. The van der Waals surface area contributed by atoms with Gasteiger partial charge < -0.3 is 20.1 Å². The molecule has 3 saturated carbocycles. The molecular weight excluding hydrogens is 410 g/mol. The van der Waals surface area contributed by atoms with Gasteiger partial charge in [-0.2, -0.15) is 5.10 Å². The summed E-state index contributed by atoms with van der Waals surface area (Å²) >= 11 is 0. The number of piperazine rings is 1. The number of benzene rings is 1. The number of aromatic nitrogens is 2. The SMILES string of the molecule is COC(=O)c1cc2nn(C34CC(N5CCN(C(=O)OC(C)(C)C)CC5)(C3)C4)cc2cc1N. The fourth-order valence-corrected chi connectivity index (χ4v) is 5.57. The molecule has 4 aliphatic rings. The summed E-state index contributed by atoms with van der Waals surface area (Å²) in [5, 5.41) is 5.70. The molecule has 2 aromatic rings. The Hall–Kier alpha value is -2.81. The molecule has 4 fully saturated rings. The van der Waals surface area contributed by atoms with E-state index in [1.165, 1.54) is 7.11 Å². The van der Waals surface area contributed by atoms with E-state index in [-0.39, 0.29) is 17.2 Å². The Labute approximate surface area is 187 Å². The third-order valence-corrected chi connectivity index (χ3v) is 7.14. The fourth-order valence-electron chi connectivity index (χ4n) is 5.57. The highest BCUT2D eigenvalue weighted by molar-refractivity contribution is 6.00. The van der Waals surface area contributed by atoms with Crippen LogP contribution in [0.25, 0.3) is 10.9 Å². The van der Waals surface area contributed by atoms with E-state index in [0.717, 1.165) is 43.3 Å². The van der Waals surface area contributed by atoms with E-state index in [2.05, 4.69) is 9.58 Å². The molecule has 0 spiro atoms. The van der Waals surface area contributed by atoms with Gasteiger partial charge in [0.25, 0.3) is 0 Å². The first-order chi connectivity index (χ1) is 15.0. The van der Waals surface area contributed by atoms with E-state index in [4.69, 9.17) is 20.3 Å². The second-order valence-corrected chi connectivity index (χ2v) is 10.5. The Morgan fingerprint density at radius 1 is 1.06 bits per heavy atom. The van der Waals surface area contributed by atoms with Crippen LogP contribution in [0.3, 0.4) is 0 Å². The number of ether oxygens (including phenoxy) is 2. The summed E-state index contributed by atoms with van der Waals surface area (Å²) in [5.74, 6) is -0.450. The molecule has 2 heterocycles. The molecule has 3 aliphatic carbocycles. The van der Waals surface area contributed by atoms with Crippen LogP contribution in [0.4, 0.5) is 10.5 Å². The Morgan fingerprint density at radius 2 is 1.72 bits per heavy atom. The zero-order chi connectivity index (χ0) is 22.9. The number of nitrogens with two attached hydrogens (primary N) is 1. The predicted molar refractivity (Wildman–Crippen MR) is 119 cm³/mol. The Bertz CT molecular complexity index is 1070. The molecule has 6 rings (SSSR count). The molecule has 2 N–H and O–H groups in total. The van der Waals surface area contributed by atoms with Crippen LogP contribution in [0.5, 0.6) is 0 Å². The lowest BCUT2D eigenvalue weighted by Crippen LogP contribution is -2.80. The predicted octanol–water partition coefficient (Wildman–Crippen LogP) is 2.59. The maximum atomic E-state index is 12.3. The highest BCUT2D eigenvalue weighted by atomic mass is 16.6. The van der Waals surface area contributed by atoms with Crippen molar-refractivity contribution in [3.63, 3.8) is 0 Å². The number of esters is 1. The van der Waals surface area contributed by atoms with Gasteiger partial charge in [-0.3, -0.25) is 9.58 Å². The number of methoxy groups -OCH3 is 1. The maximum absolute atomic E-state index is 12.3. The molecule has 1 amide bonds. The van der Waals surface area contributed by atoms with Gasteiger partial charge in [0.2, 0.25) is 0 Å². The second kappa shape index (κ2) is 6.84. The normalized spacial score (nSPS) is 27.6. The molecule has 9 heteroatoms. The molecular formula is C23H31N5O4. The highest BCUT2D eigenvalue weighted by Gasteiger charge is 2.71. The Kier molecular flexibility index (Phi) is 4.50. The Balaban J connectivity index is 1.23. The number of hydrogen-bond donors (Lipinski definition) is 1. The molecule has 1 aromatic heterocycles. The fraction of sp³-hybridized carbons (Fsp3) is 0.609. The first-order valence-corrected chi connectivity index (χ1v) is 11.1. The number of nitrogens with zero attached hydrogens (tertiary/aromatic N) is 4. The number of nitrogen functional groups attached to an aromatic ring is 1. The van der Waals surface area contributed by atoms with E-state index in [0.29, 0.717) is 24.3 Å². The number of rotatable bonds is 3. The topological polar surface area (TPSA) is 103 Å². The van der Waals surface area contributed by atoms with Crippen molar-refractivity contribution in [2.45, 2.75) is 56.7 Å². The molecule has 9 nitrogen and oxygen atoms in total. The first-order valence-electron chi connectivity index (χ1n) is 11.1. The molecule has 32 heavy (non-hydrogen) atoms. The van der Waals surface area contributed by atoms with E-state index in [1.54, 1.807) is 12.1 Å². The third kappa shape index (κ3) is 3.21. The molecule has 0 atom stereocenters. The van der Waals surface area contributed by atoms with Gasteiger partial charge in [0.05, 0.1) is 23.7 Å². The summed E-state index contributed by atoms with van der Waals surface area (Å²) in [5.41, 5.74) is 7.34. The second-order valence-electron chi connectivity index (χ2n) is 10.5. The van der Waals surface area contributed by atoms with Crippen LogP contribution in [0.1, 0.15) is 50.4 Å². The molecule has 0 radical (unpaired) electrons. The average molecular weight is 442 g/mol. The van der Waals surface area contributed by atoms with Crippen LogP contribution in [0, 0.1) is 0 Å². The zero-order valence-electron chi connectivity index (χ0n) is 19.2. The summed E-state index contributed by atoms with van der Waals surface area (Å²) in [6, 6.07) is 3.51. The number of hydrogen-bond acceptors (Lipinski definition) is 7. The molecule has 0 unspecified atom stereocenters. The lowest BCUT2D eigenvalue weighted by atomic mass is 9.43. The monoisotopic (exact) mass is 441 g/mol. The Morgan fingerprint density at radius 3 is 2.31 bits per heavy atom. The minimum absolute atomic E-state index is 0.0432. The molecule has 172 valence electrons. The smallest absolute Gasteiger partial charge is 0.410 e. The van der Waals surface area contributed by atoms with Gasteiger partial charge in [-0.05, 0) is 52.2 Å². The van der Waals surface area contributed by atoms with Crippen molar-refractivity contribution in [2.24, 2.45) is 0 Å². The van der Waals surface area contributed by atoms with Gasteiger partial charge in [0.15, 0.2) is 0 Å². The van der Waals surface area contributed by atoms with Crippen LogP contribution in [-0.4, -0.2) is 76.1 Å². The van der Waals surface area contributed by atoms with E-state index in [9.17, 15) is 9.59 Å². The first kappa shape index (κ1) is 21.1. The summed E-state index contributed by atoms with van der Waals surface area (Å²) < 4.78 is 12.4. The summed E-state index contributed by atoms with van der Waals surface area (Å²) in [6.45, 7) is 8.82. The highest BCUT2D eigenvalue weighted by Crippen LogP contribution is 2.68. The van der Waals surface area contributed by atoms with Crippen molar-refractivity contribution in [1.82, 2.24) is 19.6 Å². The van der Waals surface area contributed by atoms with Gasteiger partial charge in [-0.25, -0.2) is 9.59 Å². The van der Waals surface area contributed by atoms with Gasteiger partial charge in [-0.15, -0.1) is 0 Å². The third-order valence-electron chi connectivity index (χ3n) is 7.14. The van der Waals surface area contributed by atoms with E-state index >= 15 is 0 Å². The van der Waals surface area contributed by atoms with Crippen LogP contribution < -0.4 is 5.73 Å². The summed E-state index contributed by atoms with van der Waals surface area (Å²) in [7, 11) is 1.35. The number of anilines is 1. The minimum atomic E-state index is -0.468. The summed E-state index contributed by atoms with van der Waals surface area (Å²) in [4.78, 5) is 28.6. The molecule has 1 saturated heterocycles. The zero-order valence-corrected chi connectivity index (χ0v) is 19.2. The van der Waals surface area contributed by atoms with Crippen LogP contribution >= 0.6 is 0 Å². The summed E-state index contributed by atoms with van der Waals surface area (Å²) in [6.07, 6.45) is 4.98. The van der Waals surface area contributed by atoms with Crippen LogP contribution in [-0.2, 0) is 15.0 Å². The number of amides is 1. The van der Waals surface area contributed by atoms with Gasteiger partial charge in [0, 0.05) is 49.0 Å². The lowest BCUT2D eigenvalue weighted by Gasteiger charge is -2.74. The number of fused-ring (bicyclic) bond motifs is 1. The van der Waals surface area contributed by atoms with Gasteiger partial charge in [-0.1, -0.05) is 0 Å². The van der Waals surface area contributed by atoms with Crippen molar-refractivity contribution < 1.29 is 19.1 Å². The van der Waals surface area contributed by atoms with Crippen molar-refractivity contribution in [3.05, 3.63) is 23.9 Å². The number of carbonyl (C=O) groups excluding carboxylic acids is 2. The van der Waals surface area contributed by atoms with Crippen molar-refractivity contribution >= 4 is 28.7 Å². The maximum Gasteiger partial charge on any atom is 0.410 e. The van der Waals surface area contributed by atoms with Crippen molar-refractivity contribution in [1.29, 1.82) is 0 Å². The minimum Gasteiger partial charge on any atom is -0.465 e. The quantitative estimate of drug-likeness (QED) is 0.577. The largest absolute Gasteiger partial charge is 0.465 e. The van der Waals surface area contributed by atoms with Gasteiger partial charge >= 0.3 is 12.1 Å². The van der Waals surface area contributed by atoms with Gasteiger partial charge in [0.1, 0.15) is 5.60 Å². The van der Waals surface area contributed by atoms with E-state index in [1.807, 2.05) is 31.9 Å². The molecule has 2 bridgehead atoms. The van der Waals surface area contributed by atoms with E-state index < -0.39 is 11.6 Å². The standard InChI is InChI=1S/C23H31N5O4/c1-21(2,3)32-20(30)26-5-7-27(8-6-26)22-12-23(13-22,14-22)28-11-15-9-17(24)16(19(29)31-4)10-18(15)25-28/h9-11H,5-8,12-14,24H2,1-4H3.